The molecule has 0 fully saturated rings. The summed E-state index contributed by atoms with van der Waals surface area (Å²) in [6.07, 6.45) is 0.0106. The summed E-state index contributed by atoms with van der Waals surface area (Å²) >= 11 is 0. The number of ether oxygens (including phenoxy) is 2. The van der Waals surface area contributed by atoms with E-state index < -0.39 is 17.2 Å². The second-order valence-electron chi connectivity index (χ2n) is 3.64. The first kappa shape index (κ1) is 14.4. The van der Waals surface area contributed by atoms with Crippen LogP contribution in [-0.4, -0.2) is 17.2 Å². The van der Waals surface area contributed by atoms with Gasteiger partial charge in [0.25, 0.3) is 5.69 Å². The monoisotopic (exact) mass is 263 g/mol. The molecule has 0 aliphatic carbocycles. The van der Waals surface area contributed by atoms with Crippen molar-refractivity contribution in [2.75, 3.05) is 0 Å². The topological polar surface area (TPSA) is 78.7 Å². The van der Waals surface area contributed by atoms with Crippen molar-refractivity contribution in [1.82, 2.24) is 0 Å². The molecule has 0 amide bonds. The first-order chi connectivity index (χ1) is 8.93. The third-order valence-electron chi connectivity index (χ3n) is 2.31. The summed E-state index contributed by atoms with van der Waals surface area (Å²) in [6.45, 7) is 8.77. The number of nitrogens with zero attached hydrogens (tertiary/aromatic N) is 1. The maximum atomic E-state index is 11.4. The second kappa shape index (κ2) is 6.34. The summed E-state index contributed by atoms with van der Waals surface area (Å²) in [6, 6.07) is 5.09. The fourth-order valence-corrected chi connectivity index (χ4v) is 1.14. The molecule has 0 aromatic heterocycles. The van der Waals surface area contributed by atoms with Crippen molar-refractivity contribution < 1.29 is 19.2 Å². The Morgan fingerprint density at radius 1 is 1.42 bits per heavy atom. The molecule has 6 heteroatoms. The highest BCUT2D eigenvalue weighted by atomic mass is 16.7. The number of hydrogen-bond acceptors (Lipinski definition) is 5. The van der Waals surface area contributed by atoms with Gasteiger partial charge in [-0.3, -0.25) is 10.1 Å². The molecule has 0 saturated carbocycles. The summed E-state index contributed by atoms with van der Waals surface area (Å²) in [5.41, 5.74) is 0.453. The average Bonchev–Trinajstić information content (AvgIpc) is 2.38. The van der Waals surface area contributed by atoms with Crippen LogP contribution in [0.15, 0.2) is 49.1 Å². The molecule has 1 rings (SSSR count). The Morgan fingerprint density at radius 3 is 2.47 bits per heavy atom. The normalized spacial score (nSPS) is 11.2. The average molecular weight is 263 g/mol. The number of nitro groups is 1. The minimum atomic E-state index is -0.913. The lowest BCUT2D eigenvalue weighted by atomic mass is 10.2. The first-order valence-electron chi connectivity index (χ1n) is 5.38. The Balaban J connectivity index is 2.59. The summed E-state index contributed by atoms with van der Waals surface area (Å²) in [5, 5.41) is 10.4. The molecule has 0 heterocycles. The molecule has 0 bridgehead atoms. The summed E-state index contributed by atoms with van der Waals surface area (Å²) < 4.78 is 9.77. The molecule has 1 unspecified atom stereocenters. The zero-order chi connectivity index (χ0) is 14.4. The van der Waals surface area contributed by atoms with Gasteiger partial charge in [-0.2, -0.15) is 0 Å². The van der Waals surface area contributed by atoms with Gasteiger partial charge in [-0.25, -0.2) is 4.79 Å². The number of carbonyl (C=O) groups excluding carboxylic acids is 1. The van der Waals surface area contributed by atoms with Crippen LogP contribution in [0.4, 0.5) is 10.5 Å². The van der Waals surface area contributed by atoms with Crippen molar-refractivity contribution in [3.05, 3.63) is 59.2 Å². The van der Waals surface area contributed by atoms with Gasteiger partial charge in [-0.1, -0.05) is 19.2 Å². The summed E-state index contributed by atoms with van der Waals surface area (Å²) in [7, 11) is 0. The molecule has 19 heavy (non-hydrogen) atoms. The lowest BCUT2D eigenvalue weighted by Crippen LogP contribution is -2.19. The third-order valence-corrected chi connectivity index (χ3v) is 2.31. The van der Waals surface area contributed by atoms with Gasteiger partial charge < -0.3 is 9.47 Å². The molecule has 0 aliphatic heterocycles. The van der Waals surface area contributed by atoms with Crippen LogP contribution in [-0.2, 0) is 4.74 Å². The van der Waals surface area contributed by atoms with Gasteiger partial charge in [0.15, 0.2) is 0 Å². The smallest absolute Gasteiger partial charge is 0.426 e. The largest absolute Gasteiger partial charge is 0.514 e. The van der Waals surface area contributed by atoms with E-state index in [4.69, 9.17) is 9.47 Å². The van der Waals surface area contributed by atoms with Gasteiger partial charge in [0.05, 0.1) is 4.92 Å². The second-order valence-corrected chi connectivity index (χ2v) is 3.64. The van der Waals surface area contributed by atoms with Crippen LogP contribution >= 0.6 is 0 Å². The highest BCUT2D eigenvalue weighted by molar-refractivity contribution is 5.64. The molecule has 0 saturated heterocycles. The van der Waals surface area contributed by atoms with Crippen molar-refractivity contribution >= 4 is 11.8 Å². The highest BCUT2D eigenvalue weighted by Gasteiger charge is 2.13. The minimum absolute atomic E-state index is 0.0888. The van der Waals surface area contributed by atoms with E-state index in [1.165, 1.54) is 30.3 Å². The Hall–Kier alpha value is -2.63. The minimum Gasteiger partial charge on any atom is -0.426 e. The Morgan fingerprint density at radius 2 is 2.00 bits per heavy atom. The molecule has 0 aliphatic rings. The third kappa shape index (κ3) is 4.27. The van der Waals surface area contributed by atoms with Gasteiger partial charge in [0.1, 0.15) is 11.9 Å². The molecule has 6 nitrogen and oxygen atoms in total. The Labute approximate surface area is 110 Å². The van der Waals surface area contributed by atoms with Gasteiger partial charge in [0, 0.05) is 12.1 Å². The van der Waals surface area contributed by atoms with Crippen LogP contribution in [0, 0.1) is 10.1 Å². The van der Waals surface area contributed by atoms with Crippen molar-refractivity contribution in [3.63, 3.8) is 0 Å². The van der Waals surface area contributed by atoms with Gasteiger partial charge in [-0.15, -0.1) is 0 Å². The maximum absolute atomic E-state index is 11.4. The molecular weight excluding hydrogens is 250 g/mol. The first-order valence-corrected chi connectivity index (χ1v) is 5.38. The van der Waals surface area contributed by atoms with Gasteiger partial charge in [0.2, 0.25) is 0 Å². The molecule has 1 atom stereocenters. The number of benzene rings is 1. The summed E-state index contributed by atoms with van der Waals surface area (Å²) in [5.74, 6) is 0.159. The van der Waals surface area contributed by atoms with E-state index in [0.717, 1.165) is 0 Å². The Kier molecular flexibility index (Phi) is 4.82. The van der Waals surface area contributed by atoms with Crippen LogP contribution in [0.1, 0.15) is 6.92 Å². The number of non-ortho nitro benzene ring substituents is 1. The van der Waals surface area contributed by atoms with Crippen molar-refractivity contribution in [3.8, 4) is 5.75 Å². The molecule has 0 radical (unpaired) electrons. The predicted octanol–water partition coefficient (Wildman–Crippen LogP) is 3.24. The lowest BCUT2D eigenvalue weighted by Gasteiger charge is -2.12. The SMILES string of the molecule is C=CC(=C)C(C)OC(=O)Oc1ccc([N+](=O)[O-])cc1. The van der Waals surface area contributed by atoms with Crippen LogP contribution in [0.5, 0.6) is 5.75 Å². The fraction of sp³-hybridized carbons (Fsp3) is 0.154. The molecule has 0 N–H and O–H groups in total. The molecule has 1 aromatic carbocycles. The van der Waals surface area contributed by atoms with Crippen molar-refractivity contribution in [2.45, 2.75) is 13.0 Å². The van der Waals surface area contributed by atoms with Crippen LogP contribution < -0.4 is 4.74 Å². The van der Waals surface area contributed by atoms with Crippen LogP contribution in [0.2, 0.25) is 0 Å². The lowest BCUT2D eigenvalue weighted by molar-refractivity contribution is -0.384. The number of nitro benzene ring substituents is 1. The number of rotatable bonds is 5. The van der Waals surface area contributed by atoms with Crippen LogP contribution in [0.25, 0.3) is 0 Å². The van der Waals surface area contributed by atoms with E-state index in [9.17, 15) is 14.9 Å². The van der Waals surface area contributed by atoms with Crippen molar-refractivity contribution in [1.29, 1.82) is 0 Å². The van der Waals surface area contributed by atoms with E-state index in [2.05, 4.69) is 13.2 Å². The maximum Gasteiger partial charge on any atom is 0.514 e. The van der Waals surface area contributed by atoms with E-state index in [-0.39, 0.29) is 11.4 Å². The van der Waals surface area contributed by atoms with Crippen molar-refractivity contribution in [2.24, 2.45) is 0 Å². The van der Waals surface area contributed by atoms with E-state index in [1.807, 2.05) is 0 Å². The zero-order valence-corrected chi connectivity index (χ0v) is 10.4. The quantitative estimate of drug-likeness (QED) is 0.268. The Bertz CT molecular complexity index is 506. The van der Waals surface area contributed by atoms with E-state index in [0.29, 0.717) is 5.57 Å². The molecule has 0 spiro atoms. The number of carbonyl (C=O) groups is 1. The highest BCUT2D eigenvalue weighted by Crippen LogP contribution is 2.18. The molecule has 100 valence electrons. The van der Waals surface area contributed by atoms with Crippen LogP contribution in [0.3, 0.4) is 0 Å². The zero-order valence-electron chi connectivity index (χ0n) is 10.4. The van der Waals surface area contributed by atoms with Gasteiger partial charge >= 0.3 is 6.16 Å². The number of hydrogen-bond donors (Lipinski definition) is 0. The molecule has 1 aromatic rings. The van der Waals surface area contributed by atoms with E-state index >= 15 is 0 Å². The fourth-order valence-electron chi connectivity index (χ4n) is 1.14. The molecular formula is C13H13NO5. The predicted molar refractivity (Wildman–Crippen MR) is 69.0 cm³/mol. The van der Waals surface area contributed by atoms with E-state index in [1.54, 1.807) is 6.92 Å². The van der Waals surface area contributed by atoms with Gasteiger partial charge in [-0.05, 0) is 24.6 Å². The summed E-state index contributed by atoms with van der Waals surface area (Å²) in [4.78, 5) is 21.3. The standard InChI is InChI=1S/C13H13NO5/c1-4-9(2)10(3)18-13(15)19-12-7-5-11(6-8-12)14(16)17/h4-8,10H,1-2H2,3H3.